The van der Waals surface area contributed by atoms with Crippen molar-refractivity contribution >= 4 is 0 Å². The Labute approximate surface area is 128 Å². The fraction of sp³-hybridized carbons (Fsp3) is 1.00. The Morgan fingerprint density at radius 3 is 2.52 bits per heavy atom. The summed E-state index contributed by atoms with van der Waals surface area (Å²) in [5.74, 6) is 0. The van der Waals surface area contributed by atoms with E-state index >= 15 is 0 Å². The largest absolute Gasteiger partial charge is 0.394 e. The maximum Gasteiger partial charge on any atom is 0.0940 e. The molecule has 122 valence electrons. The summed E-state index contributed by atoms with van der Waals surface area (Å²) in [6.07, 6.45) is 9.33. The summed E-state index contributed by atoms with van der Waals surface area (Å²) in [6.45, 7) is 7.07. The quantitative estimate of drug-likeness (QED) is 0.868. The van der Waals surface area contributed by atoms with Crippen molar-refractivity contribution in [1.82, 2.24) is 4.90 Å². The third-order valence-electron chi connectivity index (χ3n) is 5.32. The highest BCUT2D eigenvalue weighted by Crippen LogP contribution is 2.42. The summed E-state index contributed by atoms with van der Waals surface area (Å²) < 4.78 is 12.4. The summed E-state index contributed by atoms with van der Waals surface area (Å²) in [6, 6.07) is 0. The highest BCUT2D eigenvalue weighted by Gasteiger charge is 2.42. The van der Waals surface area contributed by atoms with E-state index in [9.17, 15) is 5.11 Å². The van der Waals surface area contributed by atoms with Crippen LogP contribution in [0.3, 0.4) is 0 Å². The molecule has 21 heavy (non-hydrogen) atoms. The molecule has 0 aromatic rings. The van der Waals surface area contributed by atoms with E-state index in [-0.39, 0.29) is 23.9 Å². The minimum absolute atomic E-state index is 0.0567. The summed E-state index contributed by atoms with van der Waals surface area (Å²) in [5, 5.41) is 9.42. The third-order valence-corrected chi connectivity index (χ3v) is 5.32. The predicted octanol–water partition coefficient (Wildman–Crippen LogP) is 2.34. The van der Waals surface area contributed by atoms with Crippen molar-refractivity contribution in [3.63, 3.8) is 0 Å². The molecule has 0 amide bonds. The summed E-state index contributed by atoms with van der Waals surface area (Å²) >= 11 is 0. The van der Waals surface area contributed by atoms with Crippen LogP contribution in [0.4, 0.5) is 0 Å². The molecule has 0 aromatic carbocycles. The van der Waals surface area contributed by atoms with Gasteiger partial charge in [-0.25, -0.2) is 0 Å². The van der Waals surface area contributed by atoms with Gasteiger partial charge in [0.05, 0.1) is 30.0 Å². The van der Waals surface area contributed by atoms with Crippen LogP contribution in [0.25, 0.3) is 0 Å². The van der Waals surface area contributed by atoms with Gasteiger partial charge >= 0.3 is 0 Å². The molecule has 0 aromatic heterocycles. The lowest BCUT2D eigenvalue weighted by Gasteiger charge is -2.43. The van der Waals surface area contributed by atoms with Crippen molar-refractivity contribution in [2.45, 2.75) is 82.2 Å². The number of hydrogen-bond acceptors (Lipinski definition) is 4. The Balaban J connectivity index is 1.54. The predicted molar refractivity (Wildman–Crippen MR) is 82.4 cm³/mol. The molecule has 4 nitrogen and oxygen atoms in total. The van der Waals surface area contributed by atoms with Crippen LogP contribution in [0.1, 0.15) is 58.8 Å². The topological polar surface area (TPSA) is 41.9 Å². The molecule has 0 bridgehead atoms. The molecule has 4 heteroatoms. The molecule has 0 radical (unpaired) electrons. The summed E-state index contributed by atoms with van der Waals surface area (Å²) in [5.41, 5.74) is 0.0356. The Bertz CT molecular complexity index is 352. The van der Waals surface area contributed by atoms with Crippen LogP contribution in [0.2, 0.25) is 0 Å². The van der Waals surface area contributed by atoms with Gasteiger partial charge in [-0.05, 0) is 39.5 Å². The number of rotatable bonds is 3. The van der Waals surface area contributed by atoms with Gasteiger partial charge < -0.3 is 14.6 Å². The van der Waals surface area contributed by atoms with Crippen molar-refractivity contribution in [2.24, 2.45) is 0 Å². The number of aliphatic hydroxyl groups excluding tert-OH is 1. The van der Waals surface area contributed by atoms with Crippen LogP contribution in [-0.4, -0.2) is 59.7 Å². The minimum atomic E-state index is -0.174. The van der Waals surface area contributed by atoms with E-state index in [1.165, 1.54) is 44.9 Å². The molecule has 1 spiro atoms. The van der Waals surface area contributed by atoms with E-state index in [2.05, 4.69) is 18.7 Å². The van der Waals surface area contributed by atoms with Crippen molar-refractivity contribution < 1.29 is 14.6 Å². The first-order chi connectivity index (χ1) is 10.0. The lowest BCUT2D eigenvalue weighted by Crippen LogP contribution is -2.55. The van der Waals surface area contributed by atoms with Gasteiger partial charge in [0.2, 0.25) is 0 Å². The lowest BCUT2D eigenvalue weighted by atomic mass is 9.83. The van der Waals surface area contributed by atoms with E-state index in [0.717, 1.165) is 19.6 Å². The van der Waals surface area contributed by atoms with Gasteiger partial charge in [-0.15, -0.1) is 0 Å². The number of morpholine rings is 1. The van der Waals surface area contributed by atoms with E-state index in [1.807, 2.05) is 0 Å². The maximum atomic E-state index is 9.42. The number of nitrogens with zero attached hydrogens (tertiary/aromatic N) is 1. The van der Waals surface area contributed by atoms with E-state index in [0.29, 0.717) is 6.10 Å². The second-order valence-electron chi connectivity index (χ2n) is 7.90. The zero-order valence-electron chi connectivity index (χ0n) is 13.6. The van der Waals surface area contributed by atoms with E-state index in [1.54, 1.807) is 0 Å². The second kappa shape index (κ2) is 6.15. The first kappa shape index (κ1) is 15.7. The van der Waals surface area contributed by atoms with E-state index < -0.39 is 0 Å². The molecule has 3 rings (SSSR count). The zero-order valence-corrected chi connectivity index (χ0v) is 13.6. The van der Waals surface area contributed by atoms with Crippen molar-refractivity contribution in [3.8, 4) is 0 Å². The van der Waals surface area contributed by atoms with Crippen LogP contribution in [0, 0.1) is 0 Å². The smallest absolute Gasteiger partial charge is 0.0940 e. The SMILES string of the molecule is CC1(C)CN(CC2CCC3(CCCCC3)O2)CC(CO)O1. The molecule has 2 saturated heterocycles. The van der Waals surface area contributed by atoms with Crippen LogP contribution in [-0.2, 0) is 9.47 Å². The Morgan fingerprint density at radius 1 is 1.05 bits per heavy atom. The van der Waals surface area contributed by atoms with E-state index in [4.69, 9.17) is 9.47 Å². The molecule has 3 fully saturated rings. The highest BCUT2D eigenvalue weighted by atomic mass is 16.5. The molecule has 1 N–H and O–H groups in total. The van der Waals surface area contributed by atoms with Gasteiger partial charge in [0.1, 0.15) is 0 Å². The molecule has 2 atom stereocenters. The standard InChI is InChI=1S/C17H31NO3/c1-16(2)13-18(11-15(12-19)20-16)10-14-6-9-17(21-14)7-4-3-5-8-17/h14-15,19H,3-13H2,1-2H3. The average molecular weight is 297 g/mol. The number of aliphatic hydroxyl groups is 1. The first-order valence-corrected chi connectivity index (χ1v) is 8.69. The van der Waals surface area contributed by atoms with Gasteiger partial charge in [-0.1, -0.05) is 19.3 Å². The van der Waals surface area contributed by atoms with Gasteiger partial charge in [0.15, 0.2) is 0 Å². The van der Waals surface area contributed by atoms with Gasteiger partial charge in [-0.2, -0.15) is 0 Å². The molecule has 1 saturated carbocycles. The Kier molecular flexibility index (Phi) is 4.60. The van der Waals surface area contributed by atoms with Gasteiger partial charge in [0.25, 0.3) is 0 Å². The number of ether oxygens (including phenoxy) is 2. The summed E-state index contributed by atoms with van der Waals surface area (Å²) in [4.78, 5) is 2.43. The monoisotopic (exact) mass is 297 g/mol. The Morgan fingerprint density at radius 2 is 1.81 bits per heavy atom. The van der Waals surface area contributed by atoms with Crippen LogP contribution in [0.15, 0.2) is 0 Å². The van der Waals surface area contributed by atoms with Crippen LogP contribution >= 0.6 is 0 Å². The summed E-state index contributed by atoms with van der Waals surface area (Å²) in [7, 11) is 0. The van der Waals surface area contributed by atoms with Crippen LogP contribution in [0.5, 0.6) is 0 Å². The normalized spacial score (nSPS) is 36.1. The minimum Gasteiger partial charge on any atom is -0.394 e. The zero-order chi connectivity index (χ0) is 14.9. The van der Waals surface area contributed by atoms with Crippen LogP contribution < -0.4 is 0 Å². The molecular formula is C17H31NO3. The maximum absolute atomic E-state index is 9.42. The van der Waals surface area contributed by atoms with Crippen molar-refractivity contribution in [3.05, 3.63) is 0 Å². The molecule has 2 heterocycles. The van der Waals surface area contributed by atoms with Crippen molar-refractivity contribution in [1.29, 1.82) is 0 Å². The molecular weight excluding hydrogens is 266 g/mol. The average Bonchev–Trinajstić information content (AvgIpc) is 2.80. The molecule has 2 unspecified atom stereocenters. The highest BCUT2D eigenvalue weighted by molar-refractivity contribution is 4.93. The first-order valence-electron chi connectivity index (χ1n) is 8.69. The van der Waals surface area contributed by atoms with Gasteiger partial charge in [0, 0.05) is 19.6 Å². The molecule has 3 aliphatic rings. The van der Waals surface area contributed by atoms with Crippen molar-refractivity contribution in [2.75, 3.05) is 26.2 Å². The number of hydrogen-bond donors (Lipinski definition) is 1. The second-order valence-corrected chi connectivity index (χ2v) is 7.90. The fourth-order valence-electron chi connectivity index (χ4n) is 4.53. The third kappa shape index (κ3) is 3.79. The fourth-order valence-corrected chi connectivity index (χ4v) is 4.53. The van der Waals surface area contributed by atoms with Gasteiger partial charge in [-0.3, -0.25) is 4.90 Å². The lowest BCUT2D eigenvalue weighted by molar-refractivity contribution is -0.157. The Hall–Kier alpha value is -0.160. The molecule has 2 aliphatic heterocycles. The molecule has 1 aliphatic carbocycles.